The lowest BCUT2D eigenvalue weighted by molar-refractivity contribution is -0.223. The third kappa shape index (κ3) is 1.20. The third-order valence-electron chi connectivity index (χ3n) is 1.59. The Hall–Kier alpha value is -0.610. The average Bonchev–Trinajstić information content (AvgIpc) is 1.59. The van der Waals surface area contributed by atoms with E-state index in [4.69, 9.17) is 21.4 Å². The Kier molecular flexibility index (Phi) is 1.22. The Morgan fingerprint density at radius 3 is 2.11 bits per heavy atom. The summed E-state index contributed by atoms with van der Waals surface area (Å²) in [5, 5.41) is 24.4. The Morgan fingerprint density at radius 1 is 1.56 bits per heavy atom. The zero-order valence-corrected chi connectivity index (χ0v) is 4.96. The fraction of sp³-hybridized carbons (Fsp3) is 0.800. The second-order valence-corrected chi connectivity index (χ2v) is 2.54. The van der Waals surface area contributed by atoms with E-state index in [-0.39, 0.29) is 24.6 Å². The van der Waals surface area contributed by atoms with Gasteiger partial charge in [0, 0.05) is 18.8 Å². The molecule has 52 valence electrons. The number of aliphatic hydroxyl groups is 2. The molecule has 0 aromatic carbocycles. The first kappa shape index (κ1) is 6.51. The van der Waals surface area contributed by atoms with Crippen molar-refractivity contribution in [2.24, 2.45) is 11.7 Å². The quantitative estimate of drug-likeness (QED) is 0.209. The summed E-state index contributed by atoms with van der Waals surface area (Å²) in [4.78, 5) is 0. The number of amidine groups is 1. The smallest absolute Gasteiger partial charge is 0.163 e. The summed E-state index contributed by atoms with van der Waals surface area (Å²) in [6.07, 6.45) is 0.421. The second-order valence-electron chi connectivity index (χ2n) is 2.54. The average molecular weight is 130 g/mol. The van der Waals surface area contributed by atoms with Crippen LogP contribution in [0.5, 0.6) is 0 Å². The van der Waals surface area contributed by atoms with Crippen LogP contribution in [0, 0.1) is 11.3 Å². The highest BCUT2D eigenvalue weighted by Gasteiger charge is 2.42. The van der Waals surface area contributed by atoms with Crippen molar-refractivity contribution in [1.29, 1.82) is 5.41 Å². The predicted molar refractivity (Wildman–Crippen MR) is 31.8 cm³/mol. The zero-order chi connectivity index (χ0) is 7.07. The van der Waals surface area contributed by atoms with Crippen molar-refractivity contribution < 1.29 is 10.2 Å². The highest BCUT2D eigenvalue weighted by atomic mass is 16.5. The molecule has 0 saturated heterocycles. The van der Waals surface area contributed by atoms with Gasteiger partial charge in [-0.15, -0.1) is 0 Å². The molecule has 9 heavy (non-hydrogen) atoms. The SMILES string of the molecule is N=C(N)C1CC(O)(O)C1. The van der Waals surface area contributed by atoms with E-state index in [0.29, 0.717) is 0 Å². The Morgan fingerprint density at radius 2 is 2.00 bits per heavy atom. The highest BCUT2D eigenvalue weighted by molar-refractivity contribution is 5.80. The van der Waals surface area contributed by atoms with Crippen LogP contribution >= 0.6 is 0 Å². The lowest BCUT2D eigenvalue weighted by Crippen LogP contribution is -2.48. The van der Waals surface area contributed by atoms with Crippen molar-refractivity contribution in [3.63, 3.8) is 0 Å². The minimum absolute atomic E-state index is 0.0497. The van der Waals surface area contributed by atoms with E-state index >= 15 is 0 Å². The lowest BCUT2D eigenvalue weighted by atomic mass is 9.78. The molecule has 0 aromatic rings. The molecule has 4 heteroatoms. The van der Waals surface area contributed by atoms with Crippen molar-refractivity contribution in [1.82, 2.24) is 0 Å². The zero-order valence-electron chi connectivity index (χ0n) is 4.96. The van der Waals surface area contributed by atoms with Gasteiger partial charge in [-0.25, -0.2) is 0 Å². The van der Waals surface area contributed by atoms with E-state index in [9.17, 15) is 0 Å². The molecule has 4 nitrogen and oxygen atoms in total. The summed E-state index contributed by atoms with van der Waals surface area (Å²) in [5.41, 5.74) is 5.08. The molecular formula is C5H10N2O2. The Balaban J connectivity index is 2.35. The van der Waals surface area contributed by atoms with Crippen molar-refractivity contribution in [2.75, 3.05) is 0 Å². The van der Waals surface area contributed by atoms with E-state index in [1.54, 1.807) is 0 Å². The van der Waals surface area contributed by atoms with Crippen LogP contribution in [0.25, 0.3) is 0 Å². The van der Waals surface area contributed by atoms with E-state index in [0.717, 1.165) is 0 Å². The summed E-state index contributed by atoms with van der Waals surface area (Å²) in [6, 6.07) is 0. The van der Waals surface area contributed by atoms with Crippen LogP contribution in [-0.2, 0) is 0 Å². The van der Waals surface area contributed by atoms with Gasteiger partial charge in [0.1, 0.15) is 0 Å². The number of nitrogens with two attached hydrogens (primary N) is 1. The first-order valence-corrected chi connectivity index (χ1v) is 2.80. The molecule has 0 aliphatic heterocycles. The van der Waals surface area contributed by atoms with E-state index in [2.05, 4.69) is 0 Å². The molecule has 1 aliphatic rings. The maximum absolute atomic E-state index is 8.74. The maximum atomic E-state index is 8.74. The van der Waals surface area contributed by atoms with E-state index in [1.807, 2.05) is 0 Å². The van der Waals surface area contributed by atoms with Gasteiger partial charge in [0.15, 0.2) is 5.79 Å². The number of nitrogens with one attached hydrogen (secondary N) is 1. The van der Waals surface area contributed by atoms with Crippen molar-refractivity contribution in [3.05, 3.63) is 0 Å². The standard InChI is InChI=1S/C5H10N2O2/c6-4(7)3-1-5(8,9)2-3/h3,8-9H,1-2H2,(H3,6,7). The summed E-state index contributed by atoms with van der Waals surface area (Å²) >= 11 is 0. The summed E-state index contributed by atoms with van der Waals surface area (Å²) < 4.78 is 0. The Bertz CT molecular complexity index is 136. The molecule has 0 heterocycles. The van der Waals surface area contributed by atoms with Gasteiger partial charge in [-0.3, -0.25) is 5.41 Å². The van der Waals surface area contributed by atoms with Crippen LogP contribution in [-0.4, -0.2) is 21.8 Å². The Labute approximate surface area is 52.8 Å². The summed E-state index contributed by atoms with van der Waals surface area (Å²) in [5.74, 6) is -1.61. The van der Waals surface area contributed by atoms with Gasteiger partial charge in [-0.05, 0) is 0 Å². The van der Waals surface area contributed by atoms with E-state index < -0.39 is 5.79 Å². The molecule has 1 fully saturated rings. The number of rotatable bonds is 1. The van der Waals surface area contributed by atoms with Gasteiger partial charge < -0.3 is 15.9 Å². The largest absolute Gasteiger partial charge is 0.387 e. The second kappa shape index (κ2) is 1.68. The molecule has 0 amide bonds. The lowest BCUT2D eigenvalue weighted by Gasteiger charge is -2.38. The normalized spacial score (nSPS) is 25.1. The van der Waals surface area contributed by atoms with Crippen LogP contribution < -0.4 is 5.73 Å². The molecule has 0 aromatic heterocycles. The van der Waals surface area contributed by atoms with Crippen molar-refractivity contribution in [2.45, 2.75) is 18.6 Å². The molecule has 1 saturated carbocycles. The van der Waals surface area contributed by atoms with Gasteiger partial charge in [0.05, 0.1) is 5.84 Å². The molecule has 0 unspecified atom stereocenters. The molecule has 1 aliphatic carbocycles. The van der Waals surface area contributed by atoms with Gasteiger partial charge in [-0.2, -0.15) is 0 Å². The third-order valence-corrected chi connectivity index (χ3v) is 1.59. The van der Waals surface area contributed by atoms with Gasteiger partial charge in [0.25, 0.3) is 0 Å². The van der Waals surface area contributed by atoms with Crippen LogP contribution in [0.1, 0.15) is 12.8 Å². The molecule has 0 spiro atoms. The van der Waals surface area contributed by atoms with Crippen molar-refractivity contribution >= 4 is 5.84 Å². The maximum Gasteiger partial charge on any atom is 0.163 e. The predicted octanol–water partition coefficient (Wildman–Crippen LogP) is -0.987. The van der Waals surface area contributed by atoms with Gasteiger partial charge in [-0.1, -0.05) is 0 Å². The molecule has 0 radical (unpaired) electrons. The van der Waals surface area contributed by atoms with E-state index in [1.165, 1.54) is 0 Å². The fourth-order valence-corrected chi connectivity index (χ4v) is 0.949. The molecule has 0 bridgehead atoms. The topological polar surface area (TPSA) is 90.3 Å². The summed E-state index contributed by atoms with van der Waals surface area (Å²) in [7, 11) is 0. The van der Waals surface area contributed by atoms with Crippen LogP contribution in [0.15, 0.2) is 0 Å². The number of hydrogen-bond acceptors (Lipinski definition) is 3. The number of hydrogen-bond donors (Lipinski definition) is 4. The first-order valence-electron chi connectivity index (χ1n) is 2.80. The van der Waals surface area contributed by atoms with Gasteiger partial charge >= 0.3 is 0 Å². The molecular weight excluding hydrogens is 120 g/mol. The molecule has 5 N–H and O–H groups in total. The minimum atomic E-state index is -1.55. The summed E-state index contributed by atoms with van der Waals surface area (Å²) in [6.45, 7) is 0. The van der Waals surface area contributed by atoms with Crippen LogP contribution in [0.2, 0.25) is 0 Å². The molecule has 0 atom stereocenters. The first-order chi connectivity index (χ1) is 4.01. The highest BCUT2D eigenvalue weighted by Crippen LogP contribution is 2.34. The minimum Gasteiger partial charge on any atom is -0.387 e. The van der Waals surface area contributed by atoms with Gasteiger partial charge in [0.2, 0.25) is 0 Å². The molecule has 1 rings (SSSR count). The van der Waals surface area contributed by atoms with Crippen molar-refractivity contribution in [3.8, 4) is 0 Å². The monoisotopic (exact) mass is 130 g/mol. The van der Waals surface area contributed by atoms with Crippen LogP contribution in [0.3, 0.4) is 0 Å². The fourth-order valence-electron chi connectivity index (χ4n) is 0.949. The van der Waals surface area contributed by atoms with Crippen LogP contribution in [0.4, 0.5) is 0 Å².